The van der Waals surface area contributed by atoms with Gasteiger partial charge in [0.2, 0.25) is 0 Å². The Hall–Kier alpha value is -2.44. The number of Topliss-reactive ketones (excluding diaryl/α,β-unsaturated/α-hetero) is 1. The van der Waals surface area contributed by atoms with Crippen LogP contribution in [-0.2, 0) is 4.74 Å². The topological polar surface area (TPSA) is 98.5 Å². The second-order valence-corrected chi connectivity index (χ2v) is 3.77. The maximum Gasteiger partial charge on any atom is 0.338 e. The zero-order chi connectivity index (χ0) is 13.3. The van der Waals surface area contributed by atoms with E-state index in [-0.39, 0.29) is 34.7 Å². The maximum absolute atomic E-state index is 11.7. The molecule has 0 fully saturated rings. The molecule has 0 amide bonds. The van der Waals surface area contributed by atoms with Gasteiger partial charge in [-0.1, -0.05) is 0 Å². The Morgan fingerprint density at radius 2 is 2.22 bits per heavy atom. The molecule has 0 spiro atoms. The molecular formula is C11H10N2O5. The van der Waals surface area contributed by atoms with Gasteiger partial charge in [-0.2, -0.15) is 0 Å². The molecule has 2 rings (SSSR count). The number of methoxy groups -OCH3 is 1. The van der Waals surface area contributed by atoms with Crippen LogP contribution in [0, 0.1) is 10.1 Å². The number of ether oxygens (including phenoxy) is 1. The third kappa shape index (κ3) is 1.90. The zero-order valence-corrected chi connectivity index (χ0v) is 9.56. The number of carbonyl (C=O) groups excluding carboxylic acids is 2. The molecule has 0 aliphatic carbocycles. The van der Waals surface area contributed by atoms with Gasteiger partial charge in [0.1, 0.15) is 5.69 Å². The summed E-state index contributed by atoms with van der Waals surface area (Å²) < 4.78 is 4.50. The summed E-state index contributed by atoms with van der Waals surface area (Å²) in [6, 6.07) is 2.43. The van der Waals surface area contributed by atoms with Gasteiger partial charge in [0.15, 0.2) is 5.78 Å². The highest BCUT2D eigenvalue weighted by Gasteiger charge is 2.28. The molecule has 0 saturated carbocycles. The molecule has 1 aromatic rings. The number of benzene rings is 1. The summed E-state index contributed by atoms with van der Waals surface area (Å²) in [4.78, 5) is 33.4. The molecule has 0 atom stereocenters. The van der Waals surface area contributed by atoms with E-state index in [0.717, 1.165) is 6.07 Å². The molecule has 0 aromatic heterocycles. The van der Waals surface area contributed by atoms with Crippen molar-refractivity contribution >= 4 is 23.1 Å². The van der Waals surface area contributed by atoms with Crippen molar-refractivity contribution in [3.63, 3.8) is 0 Å². The van der Waals surface area contributed by atoms with Crippen molar-refractivity contribution in [2.24, 2.45) is 0 Å². The molecular weight excluding hydrogens is 240 g/mol. The number of nitro groups is 1. The number of nitro benzene ring substituents is 1. The summed E-state index contributed by atoms with van der Waals surface area (Å²) in [7, 11) is 1.17. The highest BCUT2D eigenvalue weighted by Crippen LogP contribution is 2.33. The van der Waals surface area contributed by atoms with Crippen molar-refractivity contribution in [3.8, 4) is 0 Å². The van der Waals surface area contributed by atoms with Crippen LogP contribution in [0.15, 0.2) is 12.1 Å². The van der Waals surface area contributed by atoms with Gasteiger partial charge in [0.05, 0.1) is 17.6 Å². The molecule has 0 unspecified atom stereocenters. The standard InChI is InChI=1S/C11H10N2O5/c1-18-11(15)6-4-7-9(14)2-3-12-10(7)8(5-6)13(16)17/h4-5,12H,2-3H2,1H3. The van der Waals surface area contributed by atoms with Gasteiger partial charge < -0.3 is 10.1 Å². The number of hydrogen-bond acceptors (Lipinski definition) is 6. The first-order chi connectivity index (χ1) is 8.54. The minimum Gasteiger partial charge on any atom is -0.465 e. The quantitative estimate of drug-likeness (QED) is 0.483. The number of rotatable bonds is 2. The molecule has 1 aliphatic rings. The Morgan fingerprint density at radius 1 is 1.50 bits per heavy atom. The minimum atomic E-state index is -0.709. The number of nitrogens with zero attached hydrogens (tertiary/aromatic N) is 1. The highest BCUT2D eigenvalue weighted by molar-refractivity contribution is 6.07. The summed E-state index contributed by atoms with van der Waals surface area (Å²) >= 11 is 0. The van der Waals surface area contributed by atoms with Gasteiger partial charge in [-0.15, -0.1) is 0 Å². The van der Waals surface area contributed by atoms with E-state index in [2.05, 4.69) is 10.1 Å². The third-order valence-corrected chi connectivity index (χ3v) is 2.69. The van der Waals surface area contributed by atoms with E-state index in [9.17, 15) is 19.7 Å². The smallest absolute Gasteiger partial charge is 0.338 e. The molecule has 1 aromatic carbocycles. The maximum atomic E-state index is 11.7. The first kappa shape index (κ1) is 12.0. The van der Waals surface area contributed by atoms with Gasteiger partial charge in [-0.3, -0.25) is 14.9 Å². The van der Waals surface area contributed by atoms with Gasteiger partial charge in [-0.05, 0) is 6.07 Å². The van der Waals surface area contributed by atoms with Crippen LogP contribution in [0.1, 0.15) is 27.1 Å². The Labute approximate surface area is 102 Å². The lowest BCUT2D eigenvalue weighted by Gasteiger charge is -2.17. The molecule has 7 nitrogen and oxygen atoms in total. The van der Waals surface area contributed by atoms with E-state index < -0.39 is 10.9 Å². The van der Waals surface area contributed by atoms with E-state index in [0.29, 0.717) is 6.54 Å². The van der Waals surface area contributed by atoms with E-state index in [1.807, 2.05) is 0 Å². The minimum absolute atomic E-state index is 0. The number of hydrogen-bond donors (Lipinski definition) is 1. The molecule has 94 valence electrons. The van der Waals surface area contributed by atoms with Crippen LogP contribution in [0.5, 0.6) is 0 Å². The number of esters is 1. The van der Waals surface area contributed by atoms with E-state index in [4.69, 9.17) is 0 Å². The summed E-state index contributed by atoms with van der Waals surface area (Å²) in [5.74, 6) is -0.933. The molecule has 1 N–H and O–H groups in total. The molecule has 0 saturated heterocycles. The molecule has 7 heteroatoms. The van der Waals surface area contributed by atoms with Crippen molar-refractivity contribution in [2.45, 2.75) is 6.42 Å². The average Bonchev–Trinajstić information content (AvgIpc) is 2.37. The summed E-state index contributed by atoms with van der Waals surface area (Å²) in [6.07, 6.45) is 0.245. The van der Waals surface area contributed by atoms with Crippen molar-refractivity contribution in [3.05, 3.63) is 33.4 Å². The third-order valence-electron chi connectivity index (χ3n) is 2.69. The summed E-state index contributed by atoms with van der Waals surface area (Å²) in [6.45, 7) is 0.351. The Balaban J connectivity index is 2.65. The van der Waals surface area contributed by atoms with E-state index in [1.165, 1.54) is 13.2 Å². The predicted molar refractivity (Wildman–Crippen MR) is 61.9 cm³/mol. The average molecular weight is 250 g/mol. The van der Waals surface area contributed by atoms with Crippen LogP contribution in [-0.4, -0.2) is 30.3 Å². The normalized spacial score (nSPS) is 13.5. The Morgan fingerprint density at radius 3 is 2.83 bits per heavy atom. The Bertz CT molecular complexity index is 535. The number of ketones is 1. The molecule has 0 bridgehead atoms. The molecule has 1 aliphatic heterocycles. The summed E-state index contributed by atoms with van der Waals surface area (Å²) in [5.41, 5.74) is 0.0423. The van der Waals surface area contributed by atoms with Crippen molar-refractivity contribution in [1.82, 2.24) is 0 Å². The van der Waals surface area contributed by atoms with Crippen molar-refractivity contribution < 1.29 is 19.2 Å². The fraction of sp³-hybridized carbons (Fsp3) is 0.273. The SMILES string of the molecule is COC(=O)c1cc2c(c([N+](=O)[O-])c1)NCCC2=O. The first-order valence-corrected chi connectivity index (χ1v) is 5.22. The van der Waals surface area contributed by atoms with Crippen LogP contribution in [0.4, 0.5) is 11.4 Å². The second kappa shape index (κ2) is 4.44. The van der Waals surface area contributed by atoms with Crippen molar-refractivity contribution in [1.29, 1.82) is 0 Å². The number of nitrogens with one attached hydrogen (secondary N) is 1. The van der Waals surface area contributed by atoms with Crippen LogP contribution in [0.25, 0.3) is 0 Å². The van der Waals surface area contributed by atoms with E-state index in [1.54, 1.807) is 0 Å². The second-order valence-electron chi connectivity index (χ2n) is 3.77. The molecule has 18 heavy (non-hydrogen) atoms. The fourth-order valence-electron chi connectivity index (χ4n) is 1.85. The lowest BCUT2D eigenvalue weighted by molar-refractivity contribution is -0.384. The number of fused-ring (bicyclic) bond motifs is 1. The fourth-order valence-corrected chi connectivity index (χ4v) is 1.85. The predicted octanol–water partition coefficient (Wildman–Crippen LogP) is 1.38. The van der Waals surface area contributed by atoms with Gasteiger partial charge in [0.25, 0.3) is 5.69 Å². The Kier molecular flexibility index (Phi) is 2.97. The molecule has 0 radical (unpaired) electrons. The van der Waals surface area contributed by atoms with Crippen molar-refractivity contribution in [2.75, 3.05) is 19.0 Å². The molecule has 1 heterocycles. The lowest BCUT2D eigenvalue weighted by atomic mass is 9.98. The van der Waals surface area contributed by atoms with Gasteiger partial charge in [0, 0.05) is 24.6 Å². The van der Waals surface area contributed by atoms with Crippen LogP contribution >= 0.6 is 0 Å². The zero-order valence-electron chi connectivity index (χ0n) is 9.56. The van der Waals surface area contributed by atoms with Gasteiger partial charge in [-0.25, -0.2) is 4.79 Å². The van der Waals surface area contributed by atoms with Crippen LogP contribution in [0.3, 0.4) is 0 Å². The number of carbonyl (C=O) groups is 2. The number of anilines is 1. The monoisotopic (exact) mass is 250 g/mol. The van der Waals surface area contributed by atoms with Crippen LogP contribution < -0.4 is 5.32 Å². The van der Waals surface area contributed by atoms with E-state index >= 15 is 0 Å². The lowest BCUT2D eigenvalue weighted by Crippen LogP contribution is -2.20. The van der Waals surface area contributed by atoms with Crippen LogP contribution in [0.2, 0.25) is 0 Å². The first-order valence-electron chi connectivity index (χ1n) is 5.22. The summed E-state index contributed by atoms with van der Waals surface area (Å²) in [5, 5.41) is 13.8. The van der Waals surface area contributed by atoms with Gasteiger partial charge >= 0.3 is 5.97 Å². The highest BCUT2D eigenvalue weighted by atomic mass is 16.6. The largest absolute Gasteiger partial charge is 0.465 e.